The number of hydrogen-bond donors (Lipinski definition) is 0. The summed E-state index contributed by atoms with van der Waals surface area (Å²) in [5.74, 6) is -0.322. The molecule has 0 saturated carbocycles. The van der Waals surface area contributed by atoms with E-state index in [1.54, 1.807) is 12.2 Å². The van der Waals surface area contributed by atoms with Gasteiger partial charge in [-0.25, -0.2) is 4.79 Å². The van der Waals surface area contributed by atoms with Crippen LogP contribution in [0.5, 0.6) is 0 Å². The molecular weight excluding hydrogens is 116 g/mol. The quantitative estimate of drug-likeness (QED) is 0.323. The molecule has 9 heavy (non-hydrogen) atoms. The lowest BCUT2D eigenvalue weighted by Gasteiger charge is -1.86. The minimum Gasteiger partial charge on any atom is -0.466 e. The van der Waals surface area contributed by atoms with Crippen molar-refractivity contribution in [1.82, 2.24) is 0 Å². The van der Waals surface area contributed by atoms with Gasteiger partial charge in [0.2, 0.25) is 0 Å². The summed E-state index contributed by atoms with van der Waals surface area (Å²) in [6.07, 6.45) is 5.48. The zero-order chi connectivity index (χ0) is 7.11. The summed E-state index contributed by atoms with van der Waals surface area (Å²) in [4.78, 5) is 10.3. The van der Waals surface area contributed by atoms with E-state index >= 15 is 0 Å². The lowest BCUT2D eigenvalue weighted by Crippen LogP contribution is -1.92. The van der Waals surface area contributed by atoms with Gasteiger partial charge in [0.1, 0.15) is 0 Å². The highest BCUT2D eigenvalue weighted by atomic mass is 16.5. The fourth-order valence-corrected chi connectivity index (χ4v) is 0.329. The van der Waals surface area contributed by atoms with Crippen molar-refractivity contribution in [3.63, 3.8) is 0 Å². The standard InChI is InChI=1S/C7H10O2/c1-3-4-5-6-7(8)9-2/h3,5-6H,1,4H2,2H3/b6-5-. The fourth-order valence-electron chi connectivity index (χ4n) is 0.329. The zero-order valence-electron chi connectivity index (χ0n) is 5.46. The van der Waals surface area contributed by atoms with E-state index in [9.17, 15) is 4.79 Å². The molecule has 0 aromatic carbocycles. The first-order valence-corrected chi connectivity index (χ1v) is 2.66. The second-order valence-corrected chi connectivity index (χ2v) is 1.45. The molecule has 0 unspecified atom stereocenters. The van der Waals surface area contributed by atoms with Gasteiger partial charge in [-0.2, -0.15) is 0 Å². The maximum Gasteiger partial charge on any atom is 0.330 e. The third-order valence-electron chi connectivity index (χ3n) is 0.758. The van der Waals surface area contributed by atoms with Crippen LogP contribution in [-0.4, -0.2) is 13.1 Å². The molecule has 0 amide bonds. The van der Waals surface area contributed by atoms with Gasteiger partial charge < -0.3 is 4.74 Å². The molecule has 0 spiro atoms. The molecule has 0 aliphatic rings. The highest BCUT2D eigenvalue weighted by Crippen LogP contribution is 1.83. The molecule has 0 atom stereocenters. The first kappa shape index (κ1) is 7.95. The van der Waals surface area contributed by atoms with Crippen molar-refractivity contribution < 1.29 is 9.53 Å². The third kappa shape index (κ3) is 4.81. The van der Waals surface area contributed by atoms with E-state index in [0.29, 0.717) is 6.42 Å². The van der Waals surface area contributed by atoms with Crippen LogP contribution in [0.3, 0.4) is 0 Å². The molecule has 0 bridgehead atoms. The maximum atomic E-state index is 10.3. The van der Waals surface area contributed by atoms with Gasteiger partial charge in [-0.1, -0.05) is 12.2 Å². The predicted octanol–water partition coefficient (Wildman–Crippen LogP) is 1.29. The van der Waals surface area contributed by atoms with Crippen LogP contribution in [0.15, 0.2) is 24.8 Å². The molecule has 0 aliphatic heterocycles. The van der Waals surface area contributed by atoms with Crippen LogP contribution in [0, 0.1) is 0 Å². The van der Waals surface area contributed by atoms with E-state index in [1.165, 1.54) is 13.2 Å². The second kappa shape index (κ2) is 5.09. The van der Waals surface area contributed by atoms with E-state index in [-0.39, 0.29) is 5.97 Å². The highest BCUT2D eigenvalue weighted by Gasteiger charge is 1.86. The van der Waals surface area contributed by atoms with Crippen molar-refractivity contribution in [2.24, 2.45) is 0 Å². The van der Waals surface area contributed by atoms with Gasteiger partial charge in [0.25, 0.3) is 0 Å². The Kier molecular flexibility index (Phi) is 4.50. The average Bonchev–Trinajstić information content (AvgIpc) is 1.89. The summed E-state index contributed by atoms with van der Waals surface area (Å²) >= 11 is 0. The summed E-state index contributed by atoms with van der Waals surface area (Å²) in [5, 5.41) is 0. The third-order valence-corrected chi connectivity index (χ3v) is 0.758. The molecule has 0 aromatic rings. The van der Waals surface area contributed by atoms with Crippen LogP contribution >= 0.6 is 0 Å². The molecule has 0 N–H and O–H groups in total. The largest absolute Gasteiger partial charge is 0.466 e. The van der Waals surface area contributed by atoms with Crippen LogP contribution < -0.4 is 0 Å². The Morgan fingerprint density at radius 1 is 1.78 bits per heavy atom. The number of rotatable bonds is 3. The Morgan fingerprint density at radius 2 is 2.44 bits per heavy atom. The number of carbonyl (C=O) groups excluding carboxylic acids is 1. The molecule has 2 nitrogen and oxygen atoms in total. The Labute approximate surface area is 54.8 Å². The van der Waals surface area contributed by atoms with Crippen molar-refractivity contribution in [2.45, 2.75) is 6.42 Å². The Balaban J connectivity index is 3.43. The van der Waals surface area contributed by atoms with Gasteiger partial charge in [-0.15, -0.1) is 6.58 Å². The van der Waals surface area contributed by atoms with Crippen molar-refractivity contribution >= 4 is 5.97 Å². The molecule has 0 aliphatic carbocycles. The fraction of sp³-hybridized carbons (Fsp3) is 0.286. The summed E-state index contributed by atoms with van der Waals surface area (Å²) in [6, 6.07) is 0. The minimum absolute atomic E-state index is 0.322. The number of carbonyl (C=O) groups is 1. The van der Waals surface area contributed by atoms with E-state index in [1.807, 2.05) is 0 Å². The summed E-state index contributed by atoms with van der Waals surface area (Å²) in [7, 11) is 1.35. The summed E-state index contributed by atoms with van der Waals surface area (Å²) < 4.78 is 4.34. The lowest BCUT2D eigenvalue weighted by molar-refractivity contribution is -0.134. The minimum atomic E-state index is -0.322. The van der Waals surface area contributed by atoms with E-state index in [4.69, 9.17) is 0 Å². The number of esters is 1. The Hall–Kier alpha value is -1.05. The van der Waals surface area contributed by atoms with E-state index in [0.717, 1.165) is 0 Å². The first-order chi connectivity index (χ1) is 4.31. The van der Waals surface area contributed by atoms with Crippen LogP contribution in [0.25, 0.3) is 0 Å². The number of hydrogen-bond acceptors (Lipinski definition) is 2. The molecule has 0 fully saturated rings. The van der Waals surface area contributed by atoms with Crippen molar-refractivity contribution in [2.75, 3.05) is 7.11 Å². The summed E-state index contributed by atoms with van der Waals surface area (Å²) in [6.45, 7) is 3.48. The monoisotopic (exact) mass is 126 g/mol. The van der Waals surface area contributed by atoms with Crippen molar-refractivity contribution in [3.8, 4) is 0 Å². The highest BCUT2D eigenvalue weighted by molar-refractivity contribution is 5.81. The van der Waals surface area contributed by atoms with Gasteiger partial charge in [0.05, 0.1) is 7.11 Å². The van der Waals surface area contributed by atoms with Gasteiger partial charge in [0, 0.05) is 6.08 Å². The summed E-state index contributed by atoms with van der Waals surface area (Å²) in [5.41, 5.74) is 0. The van der Waals surface area contributed by atoms with Crippen molar-refractivity contribution in [1.29, 1.82) is 0 Å². The van der Waals surface area contributed by atoms with Crippen molar-refractivity contribution in [3.05, 3.63) is 24.8 Å². The van der Waals surface area contributed by atoms with Gasteiger partial charge in [-0.05, 0) is 6.42 Å². The predicted molar refractivity (Wildman–Crippen MR) is 36.0 cm³/mol. The van der Waals surface area contributed by atoms with Gasteiger partial charge in [0.15, 0.2) is 0 Å². The molecule has 0 heterocycles. The maximum absolute atomic E-state index is 10.3. The van der Waals surface area contributed by atoms with Crippen LogP contribution in [-0.2, 0) is 9.53 Å². The van der Waals surface area contributed by atoms with Crippen LogP contribution in [0.1, 0.15) is 6.42 Å². The number of methoxy groups -OCH3 is 1. The van der Waals surface area contributed by atoms with E-state index in [2.05, 4.69) is 11.3 Å². The molecule has 0 saturated heterocycles. The van der Waals surface area contributed by atoms with Gasteiger partial charge >= 0.3 is 5.97 Å². The van der Waals surface area contributed by atoms with E-state index < -0.39 is 0 Å². The second-order valence-electron chi connectivity index (χ2n) is 1.45. The first-order valence-electron chi connectivity index (χ1n) is 2.66. The van der Waals surface area contributed by atoms with Gasteiger partial charge in [-0.3, -0.25) is 0 Å². The topological polar surface area (TPSA) is 26.3 Å². The van der Waals surface area contributed by atoms with Crippen LogP contribution in [0.2, 0.25) is 0 Å². The Morgan fingerprint density at radius 3 is 2.89 bits per heavy atom. The number of ether oxygens (including phenoxy) is 1. The SMILES string of the molecule is C=CC/C=C\C(=O)OC. The Bertz CT molecular complexity index is 125. The zero-order valence-corrected chi connectivity index (χ0v) is 5.46. The number of allylic oxidation sites excluding steroid dienone is 2. The molecule has 0 rings (SSSR count). The molecule has 50 valence electrons. The average molecular weight is 126 g/mol. The molecular formula is C7H10O2. The lowest BCUT2D eigenvalue weighted by atomic mass is 10.4. The normalized spacial score (nSPS) is 9.44. The smallest absolute Gasteiger partial charge is 0.330 e. The molecule has 2 heteroatoms. The molecule has 0 aromatic heterocycles. The van der Waals surface area contributed by atoms with Crippen LogP contribution in [0.4, 0.5) is 0 Å². The molecule has 0 radical (unpaired) electrons.